The van der Waals surface area contributed by atoms with Gasteiger partial charge in [-0.2, -0.15) is 17.4 Å². The minimum atomic E-state index is -4.08. The second kappa shape index (κ2) is 9.31. The van der Waals surface area contributed by atoms with Gasteiger partial charge in [-0.3, -0.25) is 9.59 Å². The van der Waals surface area contributed by atoms with Crippen LogP contribution in [0.2, 0.25) is 5.02 Å². The van der Waals surface area contributed by atoms with E-state index in [1.54, 1.807) is 6.92 Å². The summed E-state index contributed by atoms with van der Waals surface area (Å²) in [6.07, 6.45) is -0.0934. The monoisotopic (exact) mass is 468 g/mol. The van der Waals surface area contributed by atoms with Gasteiger partial charge in [0.25, 0.3) is 10.2 Å². The molecule has 8 nitrogen and oxygen atoms in total. The van der Waals surface area contributed by atoms with Crippen molar-refractivity contribution >= 4 is 39.3 Å². The van der Waals surface area contributed by atoms with Crippen LogP contribution >= 0.6 is 11.6 Å². The Morgan fingerprint density at radius 1 is 1.19 bits per heavy atom. The first kappa shape index (κ1) is 23.1. The highest BCUT2D eigenvalue weighted by atomic mass is 35.5. The summed E-state index contributed by atoms with van der Waals surface area (Å²) >= 11 is 5.73. The molecule has 0 saturated carbocycles. The van der Waals surface area contributed by atoms with E-state index in [0.717, 1.165) is 15.9 Å². The number of nitrogens with one attached hydrogen (secondary N) is 3. The van der Waals surface area contributed by atoms with Gasteiger partial charge < -0.3 is 10.6 Å². The minimum absolute atomic E-state index is 0.0934. The maximum absolute atomic E-state index is 13.3. The number of hydrogen-bond acceptors (Lipinski definition) is 4. The maximum atomic E-state index is 13.3. The standard InChI is InChI=1S/C20H22ClFN4O4S/c1-12(13-6-4-3-5-7-13)23-19(27)17-11-18(26(2)31(29,30)25-17)20(28)24-14-8-9-16(22)15(21)10-14/h3-10,12,17-18,25H,11H2,1-2H3,(H,23,27)(H,24,28)/t12-,17?,18?/m1/s1. The Morgan fingerprint density at radius 3 is 2.52 bits per heavy atom. The summed E-state index contributed by atoms with van der Waals surface area (Å²) in [5.41, 5.74) is 1.06. The molecule has 1 aliphatic rings. The van der Waals surface area contributed by atoms with E-state index in [9.17, 15) is 22.4 Å². The third-order valence-corrected chi connectivity index (χ3v) is 6.92. The molecule has 3 atom stereocenters. The van der Waals surface area contributed by atoms with Gasteiger partial charge in [-0.1, -0.05) is 41.9 Å². The molecule has 0 aliphatic carbocycles. The largest absolute Gasteiger partial charge is 0.348 e. The van der Waals surface area contributed by atoms with Crippen molar-refractivity contribution in [2.45, 2.75) is 31.5 Å². The molecule has 2 aromatic carbocycles. The third-order valence-electron chi connectivity index (χ3n) is 5.03. The SMILES string of the molecule is C[C@@H](NC(=O)C1CC(C(=O)Nc2ccc(F)c(Cl)c2)N(C)S(=O)(=O)N1)c1ccccc1. The summed E-state index contributed by atoms with van der Waals surface area (Å²) in [6, 6.07) is 10.2. The van der Waals surface area contributed by atoms with Crippen LogP contribution in [0.25, 0.3) is 0 Å². The smallest absolute Gasteiger partial charge is 0.280 e. The fraction of sp³-hybridized carbons (Fsp3) is 0.300. The lowest BCUT2D eigenvalue weighted by molar-refractivity contribution is -0.125. The Morgan fingerprint density at radius 2 is 1.87 bits per heavy atom. The van der Waals surface area contributed by atoms with Crippen LogP contribution in [0.3, 0.4) is 0 Å². The van der Waals surface area contributed by atoms with E-state index in [2.05, 4.69) is 15.4 Å². The third kappa shape index (κ3) is 5.40. The predicted molar refractivity (Wildman–Crippen MR) is 115 cm³/mol. The Hall–Kier alpha value is -2.53. The van der Waals surface area contributed by atoms with E-state index in [1.165, 1.54) is 19.2 Å². The number of likely N-dealkylation sites (N-methyl/N-ethyl adjacent to an activating group) is 1. The molecule has 166 valence electrons. The van der Waals surface area contributed by atoms with Crippen molar-refractivity contribution in [1.82, 2.24) is 14.3 Å². The molecule has 2 unspecified atom stereocenters. The van der Waals surface area contributed by atoms with E-state index in [-0.39, 0.29) is 23.2 Å². The van der Waals surface area contributed by atoms with Crippen LogP contribution in [-0.4, -0.2) is 43.7 Å². The van der Waals surface area contributed by atoms with Gasteiger partial charge in [0.2, 0.25) is 11.8 Å². The van der Waals surface area contributed by atoms with Gasteiger partial charge in [0.05, 0.1) is 11.1 Å². The van der Waals surface area contributed by atoms with Gasteiger partial charge >= 0.3 is 0 Å². The van der Waals surface area contributed by atoms with Crippen LogP contribution in [0.15, 0.2) is 48.5 Å². The molecule has 0 bridgehead atoms. The first-order valence-electron chi connectivity index (χ1n) is 9.45. The Labute approximate surface area is 184 Å². The molecule has 0 radical (unpaired) electrons. The molecule has 3 N–H and O–H groups in total. The summed E-state index contributed by atoms with van der Waals surface area (Å²) in [5, 5.41) is 5.10. The molecule has 3 rings (SSSR count). The summed E-state index contributed by atoms with van der Waals surface area (Å²) in [7, 11) is -2.84. The van der Waals surface area contributed by atoms with Crippen molar-refractivity contribution in [1.29, 1.82) is 0 Å². The topological polar surface area (TPSA) is 108 Å². The lowest BCUT2D eigenvalue weighted by Gasteiger charge is -2.35. The van der Waals surface area contributed by atoms with Crippen LogP contribution in [0.4, 0.5) is 10.1 Å². The number of carbonyl (C=O) groups is 2. The van der Waals surface area contributed by atoms with Gasteiger partial charge in [0.1, 0.15) is 17.9 Å². The average molecular weight is 469 g/mol. The predicted octanol–water partition coefficient (Wildman–Crippen LogP) is 2.20. The molecular formula is C20H22ClFN4O4S. The molecule has 0 aromatic heterocycles. The fourth-order valence-corrected chi connectivity index (χ4v) is 4.65. The molecule has 1 heterocycles. The van der Waals surface area contributed by atoms with E-state index >= 15 is 0 Å². The zero-order valence-electron chi connectivity index (χ0n) is 16.8. The lowest BCUT2D eigenvalue weighted by atomic mass is 10.0. The van der Waals surface area contributed by atoms with Crippen molar-refractivity contribution in [2.75, 3.05) is 12.4 Å². The first-order chi connectivity index (χ1) is 14.6. The summed E-state index contributed by atoms with van der Waals surface area (Å²) in [6.45, 7) is 1.78. The normalized spacial score (nSPS) is 21.8. The molecule has 2 aromatic rings. The number of carbonyl (C=O) groups excluding carboxylic acids is 2. The second-order valence-electron chi connectivity index (χ2n) is 7.20. The molecular weight excluding hydrogens is 447 g/mol. The van der Waals surface area contributed by atoms with Crippen LogP contribution in [0, 0.1) is 5.82 Å². The molecule has 31 heavy (non-hydrogen) atoms. The number of benzene rings is 2. The average Bonchev–Trinajstić information content (AvgIpc) is 2.73. The highest BCUT2D eigenvalue weighted by molar-refractivity contribution is 7.87. The Balaban J connectivity index is 1.74. The van der Waals surface area contributed by atoms with E-state index in [0.29, 0.717) is 0 Å². The van der Waals surface area contributed by atoms with Gasteiger partial charge in [-0.15, -0.1) is 0 Å². The summed E-state index contributed by atoms with van der Waals surface area (Å²) in [4.78, 5) is 25.5. The van der Waals surface area contributed by atoms with Crippen molar-refractivity contribution in [2.24, 2.45) is 0 Å². The Bertz CT molecular complexity index is 1080. The van der Waals surface area contributed by atoms with Crippen molar-refractivity contribution in [3.05, 3.63) is 64.9 Å². The zero-order chi connectivity index (χ0) is 22.8. The highest BCUT2D eigenvalue weighted by Gasteiger charge is 2.42. The van der Waals surface area contributed by atoms with Crippen molar-refractivity contribution < 1.29 is 22.4 Å². The molecule has 1 fully saturated rings. The minimum Gasteiger partial charge on any atom is -0.348 e. The molecule has 0 spiro atoms. The fourth-order valence-electron chi connectivity index (χ4n) is 3.22. The van der Waals surface area contributed by atoms with Gasteiger partial charge in [-0.25, -0.2) is 4.39 Å². The zero-order valence-corrected chi connectivity index (χ0v) is 18.4. The van der Waals surface area contributed by atoms with E-state index in [4.69, 9.17) is 11.6 Å². The van der Waals surface area contributed by atoms with Crippen LogP contribution in [0.5, 0.6) is 0 Å². The second-order valence-corrected chi connectivity index (χ2v) is 9.37. The van der Waals surface area contributed by atoms with Crippen LogP contribution in [-0.2, 0) is 19.8 Å². The van der Waals surface area contributed by atoms with Crippen molar-refractivity contribution in [3.8, 4) is 0 Å². The van der Waals surface area contributed by atoms with Gasteiger partial charge in [0, 0.05) is 12.7 Å². The quantitative estimate of drug-likeness (QED) is 0.625. The number of rotatable bonds is 5. The molecule has 11 heteroatoms. The van der Waals surface area contributed by atoms with Gasteiger partial charge in [0.15, 0.2) is 0 Å². The Kier molecular flexibility index (Phi) is 6.95. The van der Waals surface area contributed by atoms with Crippen LogP contribution in [0.1, 0.15) is 24.9 Å². The summed E-state index contributed by atoms with van der Waals surface area (Å²) < 4.78 is 41.5. The lowest BCUT2D eigenvalue weighted by Crippen LogP contribution is -2.62. The molecule has 1 aliphatic heterocycles. The number of hydrogen-bond donors (Lipinski definition) is 3. The number of amides is 2. The van der Waals surface area contributed by atoms with Crippen LogP contribution < -0.4 is 15.4 Å². The van der Waals surface area contributed by atoms with E-state index in [1.807, 2.05) is 30.3 Å². The summed E-state index contributed by atoms with van der Waals surface area (Å²) in [5.74, 6) is -1.86. The van der Waals surface area contributed by atoms with E-state index < -0.39 is 39.9 Å². The first-order valence-corrected chi connectivity index (χ1v) is 11.3. The maximum Gasteiger partial charge on any atom is 0.280 e. The number of nitrogens with zero attached hydrogens (tertiary/aromatic N) is 1. The highest BCUT2D eigenvalue weighted by Crippen LogP contribution is 2.23. The molecule has 2 amide bonds. The molecule has 1 saturated heterocycles. The van der Waals surface area contributed by atoms with Crippen molar-refractivity contribution in [3.63, 3.8) is 0 Å². The number of halogens is 2. The number of anilines is 1. The van der Waals surface area contributed by atoms with Gasteiger partial charge in [-0.05, 0) is 37.1 Å².